The van der Waals surface area contributed by atoms with Gasteiger partial charge in [-0.2, -0.15) is 0 Å². The highest BCUT2D eigenvalue weighted by molar-refractivity contribution is 5.94. The van der Waals surface area contributed by atoms with Crippen LogP contribution in [0.1, 0.15) is 41.5 Å². The molecule has 104 valence electrons. The molecule has 1 fully saturated rings. The minimum atomic E-state index is -0.822. The molecule has 0 saturated carbocycles. The van der Waals surface area contributed by atoms with E-state index in [1.54, 1.807) is 18.7 Å². The molecular formula is C13H25N3O2. The number of hydrogen-bond donors (Lipinski definition) is 2. The second-order valence-electron chi connectivity index (χ2n) is 6.62. The molecule has 0 atom stereocenters. The summed E-state index contributed by atoms with van der Waals surface area (Å²) in [5.74, 6) is -0.192. The van der Waals surface area contributed by atoms with E-state index in [1.165, 1.54) is 0 Å². The number of hydrogen-bond acceptors (Lipinski definition) is 3. The predicted molar refractivity (Wildman–Crippen MR) is 70.8 cm³/mol. The topological polar surface area (TPSA) is 75.4 Å². The monoisotopic (exact) mass is 255 g/mol. The van der Waals surface area contributed by atoms with E-state index >= 15 is 0 Å². The van der Waals surface area contributed by atoms with Crippen LogP contribution in [0.4, 0.5) is 0 Å². The van der Waals surface area contributed by atoms with Crippen LogP contribution in [-0.2, 0) is 9.59 Å². The summed E-state index contributed by atoms with van der Waals surface area (Å²) in [6.07, 6.45) is 0. The van der Waals surface area contributed by atoms with E-state index in [2.05, 4.69) is 5.32 Å². The maximum Gasteiger partial charge on any atom is 0.245 e. The normalized spacial score (nSPS) is 20.6. The van der Waals surface area contributed by atoms with Crippen LogP contribution in [0.25, 0.3) is 0 Å². The Bertz CT molecular complexity index is 367. The van der Waals surface area contributed by atoms with Gasteiger partial charge in [0.05, 0.1) is 5.41 Å². The summed E-state index contributed by atoms with van der Waals surface area (Å²) < 4.78 is 0. The SMILES string of the molecule is CC1(C)C(=O)NCCN1C(=O)C(C)(C)C(C)(C)N. The van der Waals surface area contributed by atoms with Gasteiger partial charge in [0.25, 0.3) is 0 Å². The Hall–Kier alpha value is -1.10. The molecule has 0 aromatic rings. The highest BCUT2D eigenvalue weighted by Gasteiger charge is 2.49. The number of carbonyl (C=O) groups excluding carboxylic acids is 2. The van der Waals surface area contributed by atoms with Crippen LogP contribution < -0.4 is 11.1 Å². The molecule has 5 nitrogen and oxygen atoms in total. The molecule has 1 aliphatic rings. The Morgan fingerprint density at radius 2 is 1.83 bits per heavy atom. The van der Waals surface area contributed by atoms with Gasteiger partial charge in [0.15, 0.2) is 0 Å². The van der Waals surface area contributed by atoms with Gasteiger partial charge in [-0.15, -0.1) is 0 Å². The number of rotatable bonds is 2. The molecule has 1 aliphatic heterocycles. The fourth-order valence-electron chi connectivity index (χ4n) is 1.87. The van der Waals surface area contributed by atoms with Gasteiger partial charge < -0.3 is 16.0 Å². The third kappa shape index (κ3) is 2.23. The molecule has 2 amide bonds. The van der Waals surface area contributed by atoms with Crippen molar-refractivity contribution in [2.75, 3.05) is 13.1 Å². The van der Waals surface area contributed by atoms with E-state index in [0.29, 0.717) is 13.1 Å². The number of amides is 2. The van der Waals surface area contributed by atoms with Crippen LogP contribution in [0.3, 0.4) is 0 Å². The number of nitrogens with one attached hydrogen (secondary N) is 1. The fourth-order valence-corrected chi connectivity index (χ4v) is 1.87. The van der Waals surface area contributed by atoms with Crippen molar-refractivity contribution < 1.29 is 9.59 Å². The predicted octanol–water partition coefficient (Wildman–Crippen LogP) is 0.487. The molecule has 5 heteroatoms. The van der Waals surface area contributed by atoms with E-state index < -0.39 is 16.5 Å². The standard InChI is InChI=1S/C13H25N3O2/c1-11(2,13(5,6)14)10(18)16-8-7-15-9(17)12(16,3)4/h7-8,14H2,1-6H3,(H,15,17). The largest absolute Gasteiger partial charge is 0.352 e. The molecule has 0 spiro atoms. The summed E-state index contributed by atoms with van der Waals surface area (Å²) in [5.41, 5.74) is 3.91. The Kier molecular flexibility index (Phi) is 3.51. The lowest BCUT2D eigenvalue weighted by atomic mass is 9.73. The van der Waals surface area contributed by atoms with Gasteiger partial charge in [0.2, 0.25) is 11.8 Å². The molecule has 1 saturated heterocycles. The van der Waals surface area contributed by atoms with Crippen LogP contribution in [0.5, 0.6) is 0 Å². The molecule has 3 N–H and O–H groups in total. The van der Waals surface area contributed by atoms with E-state index in [0.717, 1.165) is 0 Å². The van der Waals surface area contributed by atoms with Crippen LogP contribution in [0.2, 0.25) is 0 Å². The summed E-state index contributed by atoms with van der Waals surface area (Å²) in [4.78, 5) is 26.2. The second-order valence-corrected chi connectivity index (χ2v) is 6.62. The van der Waals surface area contributed by atoms with Crippen molar-refractivity contribution in [1.29, 1.82) is 0 Å². The summed E-state index contributed by atoms with van der Waals surface area (Å²) in [6, 6.07) is 0. The zero-order chi connectivity index (χ0) is 14.4. The lowest BCUT2D eigenvalue weighted by Crippen LogP contribution is -2.68. The fraction of sp³-hybridized carbons (Fsp3) is 0.846. The Morgan fingerprint density at radius 1 is 1.33 bits per heavy atom. The van der Waals surface area contributed by atoms with Crippen LogP contribution in [-0.4, -0.2) is 40.9 Å². The first-order chi connectivity index (χ1) is 7.92. The molecule has 1 rings (SSSR count). The summed E-state index contributed by atoms with van der Waals surface area (Å²) in [6.45, 7) is 11.9. The molecule has 0 unspecified atom stereocenters. The molecule has 1 heterocycles. The van der Waals surface area contributed by atoms with Gasteiger partial charge in [0, 0.05) is 18.6 Å². The van der Waals surface area contributed by atoms with Crippen LogP contribution in [0, 0.1) is 5.41 Å². The smallest absolute Gasteiger partial charge is 0.245 e. The minimum Gasteiger partial charge on any atom is -0.352 e. The number of nitrogens with zero attached hydrogens (tertiary/aromatic N) is 1. The van der Waals surface area contributed by atoms with Crippen molar-refractivity contribution in [3.05, 3.63) is 0 Å². The molecule has 0 radical (unpaired) electrons. The average molecular weight is 255 g/mol. The maximum atomic E-state index is 12.7. The van der Waals surface area contributed by atoms with E-state index in [9.17, 15) is 9.59 Å². The van der Waals surface area contributed by atoms with Crippen LogP contribution in [0.15, 0.2) is 0 Å². The third-order valence-corrected chi connectivity index (χ3v) is 4.24. The number of piperazine rings is 1. The second kappa shape index (κ2) is 4.23. The molecule has 0 aromatic carbocycles. The van der Waals surface area contributed by atoms with Gasteiger partial charge >= 0.3 is 0 Å². The quantitative estimate of drug-likeness (QED) is 0.754. The van der Waals surface area contributed by atoms with Crippen molar-refractivity contribution >= 4 is 11.8 Å². The Labute approximate surface area is 109 Å². The highest BCUT2D eigenvalue weighted by Crippen LogP contribution is 2.33. The summed E-state index contributed by atoms with van der Waals surface area (Å²) in [7, 11) is 0. The zero-order valence-electron chi connectivity index (χ0n) is 12.3. The summed E-state index contributed by atoms with van der Waals surface area (Å²) in [5, 5.41) is 2.78. The van der Waals surface area contributed by atoms with Gasteiger partial charge in [-0.05, 0) is 41.5 Å². The lowest BCUT2D eigenvalue weighted by Gasteiger charge is -2.47. The van der Waals surface area contributed by atoms with Crippen LogP contribution >= 0.6 is 0 Å². The summed E-state index contributed by atoms with van der Waals surface area (Å²) >= 11 is 0. The first-order valence-electron chi connectivity index (χ1n) is 6.31. The number of carbonyl (C=O) groups is 2. The van der Waals surface area contributed by atoms with E-state index in [4.69, 9.17) is 5.73 Å². The number of nitrogens with two attached hydrogens (primary N) is 1. The first-order valence-corrected chi connectivity index (χ1v) is 6.31. The van der Waals surface area contributed by atoms with Gasteiger partial charge in [-0.25, -0.2) is 0 Å². The van der Waals surface area contributed by atoms with Gasteiger partial charge in [-0.3, -0.25) is 9.59 Å². The maximum absolute atomic E-state index is 12.7. The lowest BCUT2D eigenvalue weighted by molar-refractivity contribution is -0.157. The molecule has 0 bridgehead atoms. The first kappa shape index (κ1) is 15.0. The van der Waals surface area contributed by atoms with E-state index in [1.807, 2.05) is 27.7 Å². The molecule has 0 aromatic heterocycles. The van der Waals surface area contributed by atoms with Gasteiger partial charge in [0.1, 0.15) is 5.54 Å². The third-order valence-electron chi connectivity index (χ3n) is 4.24. The molecular weight excluding hydrogens is 230 g/mol. The Morgan fingerprint density at radius 3 is 2.28 bits per heavy atom. The van der Waals surface area contributed by atoms with Crippen molar-refractivity contribution in [3.63, 3.8) is 0 Å². The molecule has 0 aliphatic carbocycles. The van der Waals surface area contributed by atoms with Crippen molar-refractivity contribution in [2.45, 2.75) is 52.6 Å². The Balaban J connectivity index is 3.07. The average Bonchev–Trinajstić information content (AvgIpc) is 2.19. The highest BCUT2D eigenvalue weighted by atomic mass is 16.2. The van der Waals surface area contributed by atoms with Gasteiger partial charge in [-0.1, -0.05) is 0 Å². The van der Waals surface area contributed by atoms with Crippen molar-refractivity contribution in [3.8, 4) is 0 Å². The minimum absolute atomic E-state index is 0.0742. The zero-order valence-corrected chi connectivity index (χ0v) is 12.3. The van der Waals surface area contributed by atoms with Crippen molar-refractivity contribution in [2.24, 2.45) is 11.1 Å². The van der Waals surface area contributed by atoms with E-state index in [-0.39, 0.29) is 11.8 Å². The molecule has 18 heavy (non-hydrogen) atoms. The van der Waals surface area contributed by atoms with Crippen molar-refractivity contribution in [1.82, 2.24) is 10.2 Å².